The highest BCUT2D eigenvalue weighted by Gasteiger charge is 2.51. The summed E-state index contributed by atoms with van der Waals surface area (Å²) in [6.45, 7) is -0.477. The fraction of sp³-hybridized carbons (Fsp3) is 0.500. The van der Waals surface area contributed by atoms with Crippen LogP contribution in [0.2, 0.25) is 0 Å². The molecule has 3 amide bonds. The van der Waals surface area contributed by atoms with Gasteiger partial charge in [0.1, 0.15) is 6.54 Å². The highest BCUT2D eigenvalue weighted by molar-refractivity contribution is 6.09. The topological polar surface area (TPSA) is 66.5 Å². The molecule has 8 heteroatoms. The molecule has 140 valence electrons. The first kappa shape index (κ1) is 18.4. The molecular formula is C18H19F3N2O3. The zero-order valence-corrected chi connectivity index (χ0v) is 14.1. The van der Waals surface area contributed by atoms with Crippen molar-refractivity contribution in [1.29, 1.82) is 0 Å². The van der Waals surface area contributed by atoms with Crippen molar-refractivity contribution in [2.45, 2.75) is 44.7 Å². The maximum atomic E-state index is 12.7. The van der Waals surface area contributed by atoms with Gasteiger partial charge in [0.05, 0.1) is 11.0 Å². The van der Waals surface area contributed by atoms with Gasteiger partial charge in [-0.3, -0.25) is 19.3 Å². The summed E-state index contributed by atoms with van der Waals surface area (Å²) in [7, 11) is 0. The van der Waals surface area contributed by atoms with E-state index in [2.05, 4.69) is 5.32 Å². The SMILES string of the molecule is O=C(CN1C(=O)CC2(CCCCC2)C1=O)Nc1cccc(C(F)(F)F)c1. The summed E-state index contributed by atoms with van der Waals surface area (Å²) in [6.07, 6.45) is -0.337. The van der Waals surface area contributed by atoms with Crippen molar-refractivity contribution in [2.24, 2.45) is 5.41 Å². The van der Waals surface area contributed by atoms with Crippen LogP contribution in [0.3, 0.4) is 0 Å². The molecule has 0 unspecified atom stereocenters. The lowest BCUT2D eigenvalue weighted by Gasteiger charge is -2.30. The van der Waals surface area contributed by atoms with Crippen LogP contribution < -0.4 is 5.32 Å². The van der Waals surface area contributed by atoms with Gasteiger partial charge < -0.3 is 5.32 Å². The number of carbonyl (C=O) groups excluding carboxylic acids is 3. The van der Waals surface area contributed by atoms with Crippen molar-refractivity contribution < 1.29 is 27.6 Å². The van der Waals surface area contributed by atoms with Gasteiger partial charge in [-0.25, -0.2) is 0 Å². The molecule has 0 radical (unpaired) electrons. The van der Waals surface area contributed by atoms with E-state index in [-0.39, 0.29) is 18.0 Å². The molecule has 1 N–H and O–H groups in total. The lowest BCUT2D eigenvalue weighted by molar-refractivity contribution is -0.144. The maximum absolute atomic E-state index is 12.7. The molecule has 1 aromatic carbocycles. The number of nitrogens with one attached hydrogen (secondary N) is 1. The second-order valence-electron chi connectivity index (χ2n) is 6.93. The summed E-state index contributed by atoms with van der Waals surface area (Å²) in [4.78, 5) is 37.9. The maximum Gasteiger partial charge on any atom is 0.416 e. The number of halogens is 3. The lowest BCUT2D eigenvalue weighted by Crippen LogP contribution is -2.41. The van der Waals surface area contributed by atoms with Crippen LogP contribution in [0.5, 0.6) is 0 Å². The van der Waals surface area contributed by atoms with Crippen molar-refractivity contribution in [3.63, 3.8) is 0 Å². The Kier molecular flexibility index (Phi) is 4.77. The lowest BCUT2D eigenvalue weighted by atomic mass is 9.73. The highest BCUT2D eigenvalue weighted by atomic mass is 19.4. The zero-order valence-electron chi connectivity index (χ0n) is 14.1. The van der Waals surface area contributed by atoms with E-state index in [0.717, 1.165) is 36.3 Å². The molecule has 2 fully saturated rings. The normalized spacial score (nSPS) is 19.9. The van der Waals surface area contributed by atoms with Gasteiger partial charge in [-0.05, 0) is 31.0 Å². The number of benzene rings is 1. The number of likely N-dealkylation sites (tertiary alicyclic amines) is 1. The standard InChI is InChI=1S/C18H19F3N2O3/c19-18(20,21)12-5-4-6-13(9-12)22-14(24)11-23-15(25)10-17(16(23)26)7-2-1-3-8-17/h4-6,9H,1-3,7-8,10-11H2,(H,22,24). The largest absolute Gasteiger partial charge is 0.416 e. The second kappa shape index (κ2) is 6.74. The molecular weight excluding hydrogens is 349 g/mol. The minimum Gasteiger partial charge on any atom is -0.325 e. The van der Waals surface area contributed by atoms with Crippen LogP contribution in [0, 0.1) is 5.41 Å². The number of nitrogens with zero attached hydrogens (tertiary/aromatic N) is 1. The predicted molar refractivity (Wildman–Crippen MR) is 86.9 cm³/mol. The first-order valence-corrected chi connectivity index (χ1v) is 8.53. The Labute approximate surface area is 148 Å². The Bertz CT molecular complexity index is 739. The number of carbonyl (C=O) groups is 3. The van der Waals surface area contributed by atoms with Crippen LogP contribution in [0.15, 0.2) is 24.3 Å². The van der Waals surface area contributed by atoms with Crippen LogP contribution in [0.25, 0.3) is 0 Å². The minimum atomic E-state index is -4.52. The molecule has 0 aromatic heterocycles. The molecule has 1 aromatic rings. The van der Waals surface area contributed by atoms with Crippen molar-refractivity contribution in [3.8, 4) is 0 Å². The Morgan fingerprint density at radius 2 is 1.85 bits per heavy atom. The third-order valence-corrected chi connectivity index (χ3v) is 5.08. The number of amides is 3. The van der Waals surface area contributed by atoms with E-state index >= 15 is 0 Å². The smallest absolute Gasteiger partial charge is 0.325 e. The average molecular weight is 368 g/mol. The Balaban J connectivity index is 1.67. The summed E-state index contributed by atoms with van der Waals surface area (Å²) in [5.74, 6) is -1.42. The number of hydrogen-bond acceptors (Lipinski definition) is 3. The molecule has 1 heterocycles. The molecule has 1 aliphatic carbocycles. The molecule has 5 nitrogen and oxygen atoms in total. The van der Waals surface area contributed by atoms with E-state index in [4.69, 9.17) is 0 Å². The zero-order chi connectivity index (χ0) is 18.9. The van der Waals surface area contributed by atoms with Crippen LogP contribution in [-0.2, 0) is 20.6 Å². The van der Waals surface area contributed by atoms with Crippen LogP contribution >= 0.6 is 0 Å². The summed E-state index contributed by atoms with van der Waals surface area (Å²) in [5, 5.41) is 2.33. The Hall–Kier alpha value is -2.38. The quantitative estimate of drug-likeness (QED) is 0.832. The molecule has 1 saturated heterocycles. The second-order valence-corrected chi connectivity index (χ2v) is 6.93. The first-order valence-electron chi connectivity index (χ1n) is 8.53. The molecule has 26 heavy (non-hydrogen) atoms. The van der Waals surface area contributed by atoms with E-state index in [9.17, 15) is 27.6 Å². The van der Waals surface area contributed by atoms with E-state index in [0.29, 0.717) is 12.8 Å². The van der Waals surface area contributed by atoms with E-state index < -0.39 is 35.5 Å². The van der Waals surface area contributed by atoms with Gasteiger partial charge in [0, 0.05) is 12.1 Å². The van der Waals surface area contributed by atoms with E-state index in [1.165, 1.54) is 12.1 Å². The molecule has 3 rings (SSSR count). The van der Waals surface area contributed by atoms with Gasteiger partial charge in [-0.1, -0.05) is 25.3 Å². The van der Waals surface area contributed by atoms with Gasteiger partial charge >= 0.3 is 6.18 Å². The van der Waals surface area contributed by atoms with Crippen LogP contribution in [0.1, 0.15) is 44.1 Å². The average Bonchev–Trinajstić information content (AvgIpc) is 2.79. The van der Waals surface area contributed by atoms with Gasteiger partial charge in [0.25, 0.3) is 0 Å². The first-order chi connectivity index (χ1) is 12.2. The number of alkyl halides is 3. The fourth-order valence-corrected chi connectivity index (χ4v) is 3.76. The van der Waals surface area contributed by atoms with Crippen molar-refractivity contribution in [2.75, 3.05) is 11.9 Å². The number of rotatable bonds is 3. The molecule has 1 spiro atoms. The molecule has 2 aliphatic rings. The molecule has 1 saturated carbocycles. The third-order valence-electron chi connectivity index (χ3n) is 5.08. The minimum absolute atomic E-state index is 0.0312. The van der Waals surface area contributed by atoms with E-state index in [1.807, 2.05) is 0 Å². The summed E-state index contributed by atoms with van der Waals surface area (Å²) in [5.41, 5.74) is -1.60. The number of anilines is 1. The van der Waals surface area contributed by atoms with Crippen LogP contribution in [0.4, 0.5) is 18.9 Å². The third kappa shape index (κ3) is 3.59. The fourth-order valence-electron chi connectivity index (χ4n) is 3.76. The van der Waals surface area contributed by atoms with Crippen LogP contribution in [-0.4, -0.2) is 29.2 Å². The van der Waals surface area contributed by atoms with Gasteiger partial charge in [-0.2, -0.15) is 13.2 Å². The monoisotopic (exact) mass is 368 g/mol. The number of hydrogen-bond donors (Lipinski definition) is 1. The Morgan fingerprint density at radius 3 is 2.50 bits per heavy atom. The summed E-state index contributed by atoms with van der Waals surface area (Å²) >= 11 is 0. The van der Waals surface area contributed by atoms with Crippen molar-refractivity contribution in [1.82, 2.24) is 4.90 Å². The van der Waals surface area contributed by atoms with Crippen molar-refractivity contribution >= 4 is 23.4 Å². The van der Waals surface area contributed by atoms with E-state index in [1.54, 1.807) is 0 Å². The number of imide groups is 1. The van der Waals surface area contributed by atoms with Crippen molar-refractivity contribution in [3.05, 3.63) is 29.8 Å². The van der Waals surface area contributed by atoms with Gasteiger partial charge in [-0.15, -0.1) is 0 Å². The summed E-state index contributed by atoms with van der Waals surface area (Å²) < 4.78 is 38.2. The van der Waals surface area contributed by atoms with Gasteiger partial charge in [0.15, 0.2) is 0 Å². The predicted octanol–water partition coefficient (Wildman–Crippen LogP) is 3.35. The van der Waals surface area contributed by atoms with Gasteiger partial charge in [0.2, 0.25) is 17.7 Å². The molecule has 0 atom stereocenters. The molecule has 0 bridgehead atoms. The highest BCUT2D eigenvalue weighted by Crippen LogP contribution is 2.45. The Morgan fingerprint density at radius 1 is 1.15 bits per heavy atom. The molecule has 1 aliphatic heterocycles. The summed E-state index contributed by atoms with van der Waals surface area (Å²) in [6, 6.07) is 4.22.